The first-order valence-corrected chi connectivity index (χ1v) is 8.79. The third-order valence-electron chi connectivity index (χ3n) is 4.51. The van der Waals surface area contributed by atoms with Gasteiger partial charge in [-0.3, -0.25) is 15.9 Å². The average Bonchev–Trinajstić information content (AvgIpc) is 3.22. The molecule has 0 aliphatic carbocycles. The molecule has 138 valence electrons. The molecule has 0 spiro atoms. The number of rotatable bonds is 5. The zero-order chi connectivity index (χ0) is 19.5. The number of anilines is 1. The highest BCUT2D eigenvalue weighted by molar-refractivity contribution is 5.99. The number of aromatic nitrogens is 1. The Hall–Kier alpha value is -3.93. The van der Waals surface area contributed by atoms with Crippen molar-refractivity contribution in [3.05, 3.63) is 84.3 Å². The van der Waals surface area contributed by atoms with E-state index in [0.29, 0.717) is 0 Å². The molecule has 28 heavy (non-hydrogen) atoms. The van der Waals surface area contributed by atoms with Gasteiger partial charge in [0.05, 0.1) is 18.2 Å². The average molecular weight is 371 g/mol. The molecule has 0 atom stereocenters. The lowest BCUT2D eigenvalue weighted by atomic mass is 10.0. The SMILES string of the molecule is NC(=[NH2+])c1ccc2cc(NC(=O)Cc3cccc(-c4cnoc4)c3)ccc2c1. The van der Waals surface area contributed by atoms with Gasteiger partial charge >= 0.3 is 0 Å². The van der Waals surface area contributed by atoms with E-state index >= 15 is 0 Å². The fourth-order valence-electron chi connectivity index (χ4n) is 3.10. The van der Waals surface area contributed by atoms with E-state index in [4.69, 9.17) is 15.7 Å². The zero-order valence-corrected chi connectivity index (χ0v) is 15.1. The second-order valence-electron chi connectivity index (χ2n) is 6.57. The molecular formula is C22H19N4O2+. The lowest BCUT2D eigenvalue weighted by Crippen LogP contribution is -2.46. The van der Waals surface area contributed by atoms with Crippen LogP contribution in [0.25, 0.3) is 21.9 Å². The first kappa shape index (κ1) is 17.5. The Morgan fingerprint density at radius 1 is 1.04 bits per heavy atom. The summed E-state index contributed by atoms with van der Waals surface area (Å²) in [7, 11) is 0. The predicted octanol–water partition coefficient (Wildman–Crippen LogP) is 2.14. The van der Waals surface area contributed by atoms with Crippen LogP contribution in [0.2, 0.25) is 0 Å². The van der Waals surface area contributed by atoms with E-state index in [1.165, 1.54) is 0 Å². The standard InChI is InChI=1S/C22H18N4O2/c23-22(24)18-5-4-17-11-20(7-6-16(17)10-18)26-21(27)9-14-2-1-3-15(8-14)19-12-25-28-13-19/h1-8,10-13H,9H2,(H3,23,24)(H,26,27)/p+1. The van der Waals surface area contributed by atoms with Gasteiger partial charge in [0.2, 0.25) is 5.91 Å². The number of amidine groups is 1. The molecule has 6 heteroatoms. The van der Waals surface area contributed by atoms with Crippen LogP contribution in [0.4, 0.5) is 5.69 Å². The molecular weight excluding hydrogens is 352 g/mol. The number of carbonyl (C=O) groups excluding carboxylic acids is 1. The van der Waals surface area contributed by atoms with Crippen molar-refractivity contribution in [3.8, 4) is 11.1 Å². The second-order valence-corrected chi connectivity index (χ2v) is 6.57. The van der Waals surface area contributed by atoms with Gasteiger partial charge in [-0.15, -0.1) is 0 Å². The van der Waals surface area contributed by atoms with Crippen LogP contribution in [0.1, 0.15) is 11.1 Å². The van der Waals surface area contributed by atoms with Gasteiger partial charge in [0.25, 0.3) is 5.84 Å². The maximum atomic E-state index is 12.5. The first-order chi connectivity index (χ1) is 13.6. The van der Waals surface area contributed by atoms with Gasteiger partial charge in [-0.2, -0.15) is 0 Å². The van der Waals surface area contributed by atoms with Crippen molar-refractivity contribution in [1.29, 1.82) is 0 Å². The molecule has 1 heterocycles. The lowest BCUT2D eigenvalue weighted by Gasteiger charge is -2.08. The minimum absolute atomic E-state index is 0.0852. The molecule has 6 nitrogen and oxygen atoms in total. The summed E-state index contributed by atoms with van der Waals surface area (Å²) in [4.78, 5) is 12.5. The van der Waals surface area contributed by atoms with E-state index < -0.39 is 0 Å². The number of carbonyl (C=O) groups is 1. The van der Waals surface area contributed by atoms with Crippen LogP contribution < -0.4 is 16.5 Å². The van der Waals surface area contributed by atoms with E-state index in [1.54, 1.807) is 12.5 Å². The summed E-state index contributed by atoms with van der Waals surface area (Å²) in [6, 6.07) is 19.2. The summed E-state index contributed by atoms with van der Waals surface area (Å²) in [5.41, 5.74) is 9.93. The molecule has 0 radical (unpaired) electrons. The Kier molecular flexibility index (Phi) is 4.60. The minimum atomic E-state index is -0.0852. The highest BCUT2D eigenvalue weighted by Crippen LogP contribution is 2.22. The lowest BCUT2D eigenvalue weighted by molar-refractivity contribution is -0.116. The summed E-state index contributed by atoms with van der Waals surface area (Å²) in [5, 5.41) is 14.3. The molecule has 0 fully saturated rings. The summed E-state index contributed by atoms with van der Waals surface area (Å²) >= 11 is 0. The summed E-state index contributed by atoms with van der Waals surface area (Å²) < 4.78 is 4.88. The van der Waals surface area contributed by atoms with Crippen molar-refractivity contribution in [2.24, 2.45) is 5.73 Å². The number of amides is 1. The highest BCUT2D eigenvalue weighted by atomic mass is 16.5. The van der Waals surface area contributed by atoms with Gasteiger partial charge in [0.15, 0.2) is 0 Å². The number of nitrogens with zero attached hydrogens (tertiary/aromatic N) is 1. The quantitative estimate of drug-likeness (QED) is 0.369. The van der Waals surface area contributed by atoms with E-state index in [9.17, 15) is 4.79 Å². The number of fused-ring (bicyclic) bond motifs is 1. The van der Waals surface area contributed by atoms with Crippen LogP contribution in [-0.2, 0) is 11.2 Å². The van der Waals surface area contributed by atoms with Crippen LogP contribution in [0.15, 0.2) is 77.6 Å². The smallest absolute Gasteiger partial charge is 0.270 e. The predicted molar refractivity (Wildman–Crippen MR) is 108 cm³/mol. The van der Waals surface area contributed by atoms with Crippen molar-refractivity contribution in [2.75, 3.05) is 5.32 Å². The maximum Gasteiger partial charge on any atom is 0.270 e. The molecule has 0 unspecified atom stereocenters. The number of hydrogen-bond donors (Lipinski definition) is 3. The molecule has 3 aromatic carbocycles. The molecule has 5 N–H and O–H groups in total. The third kappa shape index (κ3) is 3.76. The summed E-state index contributed by atoms with van der Waals surface area (Å²) in [6.07, 6.45) is 3.50. The van der Waals surface area contributed by atoms with Gasteiger partial charge < -0.3 is 9.84 Å². The number of hydrogen-bond acceptors (Lipinski definition) is 3. The van der Waals surface area contributed by atoms with E-state index in [0.717, 1.165) is 38.7 Å². The van der Waals surface area contributed by atoms with Crippen molar-refractivity contribution in [2.45, 2.75) is 6.42 Å². The summed E-state index contributed by atoms with van der Waals surface area (Å²) in [5.74, 6) is 0.200. The molecule has 1 amide bonds. The number of benzene rings is 3. The highest BCUT2D eigenvalue weighted by Gasteiger charge is 2.08. The molecule has 4 rings (SSSR count). The Labute approximate surface area is 161 Å². The van der Waals surface area contributed by atoms with Crippen LogP contribution in [-0.4, -0.2) is 16.9 Å². The van der Waals surface area contributed by atoms with Gasteiger partial charge in [0.1, 0.15) is 6.26 Å². The molecule has 0 aliphatic rings. The van der Waals surface area contributed by atoms with Crippen LogP contribution in [0.5, 0.6) is 0 Å². The number of nitrogens with two attached hydrogens (primary N) is 2. The Morgan fingerprint density at radius 2 is 1.86 bits per heavy atom. The van der Waals surface area contributed by atoms with Crippen LogP contribution in [0, 0.1) is 0 Å². The molecule has 0 saturated heterocycles. The van der Waals surface area contributed by atoms with E-state index in [1.807, 2.05) is 60.7 Å². The summed E-state index contributed by atoms with van der Waals surface area (Å²) in [6.45, 7) is 0. The van der Waals surface area contributed by atoms with Crippen molar-refractivity contribution < 1.29 is 14.7 Å². The molecule has 0 bridgehead atoms. The Bertz CT molecular complexity index is 1170. The van der Waals surface area contributed by atoms with Crippen molar-refractivity contribution in [3.63, 3.8) is 0 Å². The van der Waals surface area contributed by atoms with Crippen LogP contribution in [0.3, 0.4) is 0 Å². The fraction of sp³-hybridized carbons (Fsp3) is 0.0455. The molecule has 0 saturated carbocycles. The first-order valence-electron chi connectivity index (χ1n) is 8.79. The Balaban J connectivity index is 1.48. The van der Waals surface area contributed by atoms with Crippen molar-refractivity contribution in [1.82, 2.24) is 5.16 Å². The van der Waals surface area contributed by atoms with E-state index in [2.05, 4.69) is 10.5 Å². The van der Waals surface area contributed by atoms with Gasteiger partial charge in [-0.25, -0.2) is 0 Å². The Morgan fingerprint density at radius 3 is 2.64 bits per heavy atom. The van der Waals surface area contributed by atoms with Gasteiger partial charge in [0, 0.05) is 11.3 Å². The van der Waals surface area contributed by atoms with E-state index in [-0.39, 0.29) is 18.2 Å². The zero-order valence-electron chi connectivity index (χ0n) is 15.1. The molecule has 0 aliphatic heterocycles. The largest absolute Gasteiger partial charge is 0.364 e. The van der Waals surface area contributed by atoms with Gasteiger partial charge in [-0.1, -0.05) is 41.6 Å². The van der Waals surface area contributed by atoms with Crippen molar-refractivity contribution >= 4 is 28.2 Å². The fourth-order valence-corrected chi connectivity index (χ4v) is 3.10. The molecule has 4 aromatic rings. The monoisotopic (exact) mass is 371 g/mol. The van der Waals surface area contributed by atoms with Crippen LogP contribution >= 0.6 is 0 Å². The number of nitrogens with one attached hydrogen (secondary N) is 1. The second kappa shape index (κ2) is 7.36. The maximum absolute atomic E-state index is 12.5. The minimum Gasteiger partial charge on any atom is -0.364 e. The van der Waals surface area contributed by atoms with Gasteiger partial charge in [-0.05, 0) is 46.2 Å². The molecule has 1 aromatic heterocycles. The third-order valence-corrected chi connectivity index (χ3v) is 4.51. The topological polar surface area (TPSA) is 107 Å². The normalized spacial score (nSPS) is 10.7.